The summed E-state index contributed by atoms with van der Waals surface area (Å²) in [5, 5.41) is 1.87. The summed E-state index contributed by atoms with van der Waals surface area (Å²) in [4.78, 5) is 23.4. The molecule has 1 aliphatic heterocycles. The van der Waals surface area contributed by atoms with Crippen LogP contribution in [0.4, 0.5) is 4.79 Å². The lowest BCUT2D eigenvalue weighted by molar-refractivity contribution is -0.115. The number of halogens is 1. The van der Waals surface area contributed by atoms with E-state index < -0.39 is 5.91 Å². The number of benzene rings is 2. The molecule has 2 aromatic carbocycles. The second kappa shape index (κ2) is 8.42. The molecule has 3 rings (SSSR count). The second-order valence-electron chi connectivity index (χ2n) is 5.38. The first-order valence-corrected chi connectivity index (χ1v) is 9.55. The molecule has 134 valence electrons. The number of ether oxygens (including phenoxy) is 2. The van der Waals surface area contributed by atoms with Crippen LogP contribution in [0.15, 0.2) is 51.8 Å². The van der Waals surface area contributed by atoms with Crippen LogP contribution >= 0.6 is 27.7 Å². The molecule has 0 radical (unpaired) electrons. The van der Waals surface area contributed by atoms with Crippen molar-refractivity contribution in [3.05, 3.63) is 63.0 Å². The number of hydrogen-bond donors (Lipinski definition) is 1. The number of rotatable bonds is 6. The molecule has 0 aromatic heterocycles. The maximum Gasteiger partial charge on any atom is 0.290 e. The fourth-order valence-corrected chi connectivity index (χ4v) is 3.45. The molecule has 26 heavy (non-hydrogen) atoms. The third kappa shape index (κ3) is 4.47. The highest BCUT2D eigenvalue weighted by Gasteiger charge is 2.25. The Balaban J connectivity index is 1.87. The molecule has 0 bridgehead atoms. The maximum atomic E-state index is 11.7. The van der Waals surface area contributed by atoms with Crippen LogP contribution in [0.1, 0.15) is 18.1 Å². The second-order valence-corrected chi connectivity index (χ2v) is 7.25. The lowest BCUT2D eigenvalue weighted by atomic mass is 10.1. The van der Waals surface area contributed by atoms with Gasteiger partial charge in [0, 0.05) is 4.47 Å². The molecule has 0 saturated carbocycles. The van der Waals surface area contributed by atoms with E-state index in [1.165, 1.54) is 0 Å². The molecular weight excluding hydrogens is 418 g/mol. The van der Waals surface area contributed by atoms with Gasteiger partial charge in [0.15, 0.2) is 11.5 Å². The highest BCUT2D eigenvalue weighted by molar-refractivity contribution is 9.10. The summed E-state index contributed by atoms with van der Waals surface area (Å²) in [6.45, 7) is 2.79. The first-order valence-electron chi connectivity index (χ1n) is 7.94. The molecule has 0 unspecified atom stereocenters. The first-order chi connectivity index (χ1) is 12.6. The van der Waals surface area contributed by atoms with Crippen molar-refractivity contribution >= 4 is 44.9 Å². The summed E-state index contributed by atoms with van der Waals surface area (Å²) in [6.07, 6.45) is 1.65. The van der Waals surface area contributed by atoms with E-state index in [0.717, 1.165) is 27.4 Å². The minimum absolute atomic E-state index is 0.344. The zero-order valence-corrected chi connectivity index (χ0v) is 16.4. The lowest BCUT2D eigenvalue weighted by Crippen LogP contribution is -2.17. The van der Waals surface area contributed by atoms with Gasteiger partial charge in [0.2, 0.25) is 0 Å². The van der Waals surface area contributed by atoms with Crippen molar-refractivity contribution in [3.8, 4) is 11.5 Å². The SMILES string of the molecule is CCOc1cc(/C=C2/SC(=O)NC2=O)c(Br)cc1OCc1ccccc1. The van der Waals surface area contributed by atoms with Gasteiger partial charge in [-0.1, -0.05) is 46.3 Å². The molecule has 1 fully saturated rings. The summed E-state index contributed by atoms with van der Waals surface area (Å²) >= 11 is 4.37. The van der Waals surface area contributed by atoms with Gasteiger partial charge in [-0.25, -0.2) is 0 Å². The Morgan fingerprint density at radius 1 is 1.12 bits per heavy atom. The van der Waals surface area contributed by atoms with Gasteiger partial charge in [0.05, 0.1) is 11.5 Å². The van der Waals surface area contributed by atoms with Crippen LogP contribution in [0.25, 0.3) is 6.08 Å². The minimum atomic E-state index is -0.394. The number of carbonyl (C=O) groups is 2. The van der Waals surface area contributed by atoms with Gasteiger partial charge in [-0.05, 0) is 48.0 Å². The van der Waals surface area contributed by atoms with Crippen molar-refractivity contribution in [1.29, 1.82) is 0 Å². The highest BCUT2D eigenvalue weighted by atomic mass is 79.9. The van der Waals surface area contributed by atoms with Crippen LogP contribution in [0.2, 0.25) is 0 Å². The Bertz CT molecular complexity index is 867. The molecule has 5 nitrogen and oxygen atoms in total. The Hall–Kier alpha value is -2.25. The largest absolute Gasteiger partial charge is 0.490 e. The van der Waals surface area contributed by atoms with E-state index >= 15 is 0 Å². The molecule has 2 amide bonds. The van der Waals surface area contributed by atoms with E-state index in [0.29, 0.717) is 29.6 Å². The van der Waals surface area contributed by atoms with Crippen LogP contribution in [-0.2, 0) is 11.4 Å². The molecule has 7 heteroatoms. The van der Waals surface area contributed by atoms with Crippen LogP contribution < -0.4 is 14.8 Å². The van der Waals surface area contributed by atoms with Crippen molar-refractivity contribution in [2.75, 3.05) is 6.61 Å². The summed E-state index contributed by atoms with van der Waals surface area (Å²) < 4.78 is 12.3. The van der Waals surface area contributed by atoms with Gasteiger partial charge in [0.25, 0.3) is 11.1 Å². The Morgan fingerprint density at radius 3 is 2.50 bits per heavy atom. The summed E-state index contributed by atoms with van der Waals surface area (Å²) in [5.74, 6) is 0.784. The van der Waals surface area contributed by atoms with E-state index in [-0.39, 0.29) is 5.24 Å². The number of thioether (sulfide) groups is 1. The third-order valence-corrected chi connectivity index (χ3v) is 5.03. The molecule has 0 aliphatic carbocycles. The molecule has 1 saturated heterocycles. The molecular formula is C19H16BrNO4S. The quantitative estimate of drug-likeness (QED) is 0.665. The fourth-order valence-electron chi connectivity index (χ4n) is 2.34. The van der Waals surface area contributed by atoms with E-state index in [9.17, 15) is 9.59 Å². The maximum absolute atomic E-state index is 11.7. The molecule has 0 spiro atoms. The predicted molar refractivity (Wildman–Crippen MR) is 105 cm³/mol. The summed E-state index contributed by atoms with van der Waals surface area (Å²) in [5.41, 5.74) is 1.78. The minimum Gasteiger partial charge on any atom is -0.490 e. The lowest BCUT2D eigenvalue weighted by Gasteiger charge is -2.14. The number of carbonyl (C=O) groups excluding carboxylic acids is 2. The summed E-state index contributed by atoms with van der Waals surface area (Å²) in [7, 11) is 0. The monoisotopic (exact) mass is 433 g/mol. The molecule has 1 N–H and O–H groups in total. The number of hydrogen-bond acceptors (Lipinski definition) is 5. The van der Waals surface area contributed by atoms with Gasteiger partial charge >= 0.3 is 0 Å². The van der Waals surface area contributed by atoms with Crippen LogP contribution in [0.3, 0.4) is 0 Å². The van der Waals surface area contributed by atoms with Crippen molar-refractivity contribution in [3.63, 3.8) is 0 Å². The van der Waals surface area contributed by atoms with E-state index in [1.807, 2.05) is 37.3 Å². The molecule has 1 aliphatic rings. The zero-order valence-electron chi connectivity index (χ0n) is 14.0. The van der Waals surface area contributed by atoms with Crippen molar-refractivity contribution in [2.45, 2.75) is 13.5 Å². The van der Waals surface area contributed by atoms with Crippen molar-refractivity contribution in [1.82, 2.24) is 5.32 Å². The number of imide groups is 1. The predicted octanol–water partition coefficient (Wildman–Crippen LogP) is 4.75. The molecule has 1 heterocycles. The zero-order chi connectivity index (χ0) is 18.5. The first kappa shape index (κ1) is 18.5. The topological polar surface area (TPSA) is 64.6 Å². The smallest absolute Gasteiger partial charge is 0.290 e. The fraction of sp³-hybridized carbons (Fsp3) is 0.158. The van der Waals surface area contributed by atoms with E-state index in [1.54, 1.807) is 18.2 Å². The van der Waals surface area contributed by atoms with Gasteiger partial charge < -0.3 is 9.47 Å². The highest BCUT2D eigenvalue weighted by Crippen LogP contribution is 2.37. The third-order valence-electron chi connectivity index (χ3n) is 3.53. The van der Waals surface area contributed by atoms with Crippen molar-refractivity contribution < 1.29 is 19.1 Å². The van der Waals surface area contributed by atoms with Crippen molar-refractivity contribution in [2.24, 2.45) is 0 Å². The van der Waals surface area contributed by atoms with Crippen LogP contribution in [-0.4, -0.2) is 17.8 Å². The van der Waals surface area contributed by atoms with Gasteiger partial charge in [0.1, 0.15) is 6.61 Å². The average Bonchev–Trinajstić information content (AvgIpc) is 2.94. The van der Waals surface area contributed by atoms with E-state index in [2.05, 4.69) is 21.2 Å². The van der Waals surface area contributed by atoms with Crippen LogP contribution in [0, 0.1) is 0 Å². The Morgan fingerprint density at radius 2 is 1.85 bits per heavy atom. The van der Waals surface area contributed by atoms with Gasteiger partial charge in [-0.15, -0.1) is 0 Å². The van der Waals surface area contributed by atoms with Gasteiger partial charge in [-0.3, -0.25) is 14.9 Å². The van der Waals surface area contributed by atoms with Gasteiger partial charge in [-0.2, -0.15) is 0 Å². The summed E-state index contributed by atoms with van der Waals surface area (Å²) in [6, 6.07) is 13.4. The molecule has 2 aromatic rings. The average molecular weight is 434 g/mol. The molecule has 0 atom stereocenters. The van der Waals surface area contributed by atoms with Crippen LogP contribution in [0.5, 0.6) is 11.5 Å². The Labute approximate surface area is 163 Å². The normalized spacial score (nSPS) is 15.2. The standard InChI is InChI=1S/C19H16BrNO4S/c1-2-24-15-8-13(9-17-18(22)21-19(23)26-17)14(20)10-16(15)25-11-12-6-4-3-5-7-12/h3-10H,2,11H2,1H3,(H,21,22,23)/b17-9+. The number of amides is 2. The Kier molecular flexibility index (Phi) is 6.00. The number of nitrogens with one attached hydrogen (secondary N) is 1. The van der Waals surface area contributed by atoms with E-state index in [4.69, 9.17) is 9.47 Å².